The number of rotatable bonds is 6. The molecule has 4 N–H and O–H groups in total. The SMILES string of the molecule is COc1ccc(C[C@@H](NC(=O)N[C@@H]2CCC[C@@H]2O)c2nc3ccccc3[nH]2)cc1. The van der Waals surface area contributed by atoms with Crippen LogP contribution in [0.15, 0.2) is 48.5 Å². The first-order valence-electron chi connectivity index (χ1n) is 9.95. The zero-order valence-corrected chi connectivity index (χ0v) is 16.4. The number of hydrogen-bond donors (Lipinski definition) is 4. The van der Waals surface area contributed by atoms with Gasteiger partial charge in [0, 0.05) is 0 Å². The maximum atomic E-state index is 12.6. The third kappa shape index (κ3) is 4.51. The summed E-state index contributed by atoms with van der Waals surface area (Å²) in [5, 5.41) is 15.9. The number of amides is 2. The smallest absolute Gasteiger partial charge is 0.315 e. The number of aromatic nitrogens is 2. The molecule has 0 bridgehead atoms. The minimum absolute atomic E-state index is 0.202. The molecule has 7 heteroatoms. The number of carbonyl (C=O) groups excluding carboxylic acids is 1. The van der Waals surface area contributed by atoms with Gasteiger partial charge in [0.2, 0.25) is 0 Å². The van der Waals surface area contributed by atoms with E-state index in [0.717, 1.165) is 41.6 Å². The van der Waals surface area contributed by atoms with Crippen LogP contribution < -0.4 is 15.4 Å². The highest BCUT2D eigenvalue weighted by Gasteiger charge is 2.28. The number of nitrogens with one attached hydrogen (secondary N) is 3. The van der Waals surface area contributed by atoms with Crippen LogP contribution in [0.5, 0.6) is 5.75 Å². The lowest BCUT2D eigenvalue weighted by atomic mass is 10.1. The van der Waals surface area contributed by atoms with Crippen molar-refractivity contribution in [2.45, 2.75) is 43.9 Å². The van der Waals surface area contributed by atoms with Crippen LogP contribution in [0.2, 0.25) is 0 Å². The normalized spacial score (nSPS) is 19.8. The fourth-order valence-electron chi connectivity index (χ4n) is 3.83. The van der Waals surface area contributed by atoms with Crippen molar-refractivity contribution in [2.24, 2.45) is 0 Å². The van der Waals surface area contributed by atoms with Crippen LogP contribution in [0.4, 0.5) is 4.79 Å². The summed E-state index contributed by atoms with van der Waals surface area (Å²) >= 11 is 0. The number of carbonyl (C=O) groups is 1. The number of fused-ring (bicyclic) bond motifs is 1. The Labute approximate surface area is 169 Å². The molecule has 0 aliphatic heterocycles. The van der Waals surface area contributed by atoms with Crippen molar-refractivity contribution in [2.75, 3.05) is 7.11 Å². The van der Waals surface area contributed by atoms with Gasteiger partial charge in [-0.1, -0.05) is 24.3 Å². The molecule has 4 rings (SSSR count). The number of hydrogen-bond acceptors (Lipinski definition) is 4. The first kappa shape index (κ1) is 19.3. The first-order chi connectivity index (χ1) is 14.1. The molecule has 1 saturated carbocycles. The molecular formula is C22H26N4O3. The molecule has 1 aliphatic rings. The Bertz CT molecular complexity index is 937. The van der Waals surface area contributed by atoms with Crippen molar-refractivity contribution in [1.82, 2.24) is 20.6 Å². The summed E-state index contributed by atoms with van der Waals surface area (Å²) in [7, 11) is 1.63. The van der Waals surface area contributed by atoms with E-state index in [1.165, 1.54) is 0 Å². The monoisotopic (exact) mass is 394 g/mol. The van der Waals surface area contributed by atoms with Gasteiger partial charge in [-0.25, -0.2) is 9.78 Å². The number of benzene rings is 2. The van der Waals surface area contributed by atoms with Crippen LogP contribution >= 0.6 is 0 Å². The van der Waals surface area contributed by atoms with E-state index in [9.17, 15) is 9.90 Å². The van der Waals surface area contributed by atoms with Crippen LogP contribution in [0, 0.1) is 0 Å². The molecule has 0 unspecified atom stereocenters. The van der Waals surface area contributed by atoms with Gasteiger partial charge < -0.3 is 25.5 Å². The van der Waals surface area contributed by atoms with Crippen LogP contribution in [-0.4, -0.2) is 40.4 Å². The quantitative estimate of drug-likeness (QED) is 0.516. The average Bonchev–Trinajstić information content (AvgIpc) is 3.34. The van der Waals surface area contributed by atoms with Gasteiger partial charge >= 0.3 is 6.03 Å². The second-order valence-corrected chi connectivity index (χ2v) is 7.47. The van der Waals surface area contributed by atoms with Crippen molar-refractivity contribution >= 4 is 17.1 Å². The fraction of sp³-hybridized carbons (Fsp3) is 0.364. The second kappa shape index (κ2) is 8.53. The van der Waals surface area contributed by atoms with Crippen molar-refractivity contribution < 1.29 is 14.6 Å². The molecule has 3 atom stereocenters. The van der Waals surface area contributed by atoms with E-state index in [4.69, 9.17) is 4.74 Å². The summed E-state index contributed by atoms with van der Waals surface area (Å²) in [6, 6.07) is 14.7. The minimum atomic E-state index is -0.480. The zero-order valence-electron chi connectivity index (χ0n) is 16.4. The molecule has 3 aromatic rings. The Kier molecular flexibility index (Phi) is 5.67. The largest absolute Gasteiger partial charge is 0.497 e. The van der Waals surface area contributed by atoms with Gasteiger partial charge in [0.15, 0.2) is 0 Å². The van der Waals surface area contributed by atoms with Gasteiger partial charge in [-0.2, -0.15) is 0 Å². The molecule has 152 valence electrons. The molecule has 0 spiro atoms. The maximum Gasteiger partial charge on any atom is 0.315 e. The molecule has 2 amide bonds. The molecule has 1 aliphatic carbocycles. The Morgan fingerprint density at radius 1 is 1.24 bits per heavy atom. The average molecular weight is 394 g/mol. The lowest BCUT2D eigenvalue weighted by molar-refractivity contribution is 0.149. The molecule has 1 heterocycles. The highest BCUT2D eigenvalue weighted by Crippen LogP contribution is 2.22. The topological polar surface area (TPSA) is 99.3 Å². The number of urea groups is 1. The standard InChI is InChI=1S/C22H26N4O3/c1-29-15-11-9-14(10-12-15)13-19(21-23-16-5-2-3-6-17(16)24-21)26-22(28)25-18-7-4-8-20(18)27/h2-3,5-6,9-12,18-20,27H,4,7-8,13H2,1H3,(H,23,24)(H2,25,26,28)/t18-,19-,20+/m1/s1. The van der Waals surface area contributed by atoms with E-state index in [2.05, 4.69) is 20.6 Å². The number of nitrogens with zero attached hydrogens (tertiary/aromatic N) is 1. The maximum absolute atomic E-state index is 12.6. The Balaban J connectivity index is 1.54. The van der Waals surface area contributed by atoms with Crippen molar-refractivity contribution in [1.29, 1.82) is 0 Å². The number of ether oxygens (including phenoxy) is 1. The molecule has 1 aromatic heterocycles. The third-order valence-corrected chi connectivity index (χ3v) is 5.44. The molecule has 1 fully saturated rings. The lowest BCUT2D eigenvalue weighted by Crippen LogP contribution is -2.46. The molecular weight excluding hydrogens is 368 g/mol. The van der Waals surface area contributed by atoms with E-state index < -0.39 is 6.10 Å². The van der Waals surface area contributed by atoms with Crippen LogP contribution in [-0.2, 0) is 6.42 Å². The van der Waals surface area contributed by atoms with E-state index >= 15 is 0 Å². The van der Waals surface area contributed by atoms with E-state index in [1.54, 1.807) is 7.11 Å². The predicted octanol–water partition coefficient (Wildman–Crippen LogP) is 3.07. The number of H-pyrrole nitrogens is 1. The summed E-state index contributed by atoms with van der Waals surface area (Å²) < 4.78 is 5.23. The first-order valence-corrected chi connectivity index (χ1v) is 9.95. The highest BCUT2D eigenvalue weighted by molar-refractivity contribution is 5.76. The fourth-order valence-corrected chi connectivity index (χ4v) is 3.83. The number of aliphatic hydroxyl groups excluding tert-OH is 1. The van der Waals surface area contributed by atoms with Gasteiger partial charge in [0.05, 0.1) is 36.3 Å². The number of aromatic amines is 1. The third-order valence-electron chi connectivity index (χ3n) is 5.44. The molecule has 0 saturated heterocycles. The molecule has 29 heavy (non-hydrogen) atoms. The van der Waals surface area contributed by atoms with E-state index in [-0.39, 0.29) is 18.1 Å². The van der Waals surface area contributed by atoms with Gasteiger partial charge in [-0.3, -0.25) is 0 Å². The molecule has 2 aromatic carbocycles. The van der Waals surface area contributed by atoms with E-state index in [1.807, 2.05) is 48.5 Å². The van der Waals surface area contributed by atoms with E-state index in [0.29, 0.717) is 12.2 Å². The zero-order chi connectivity index (χ0) is 20.2. The van der Waals surface area contributed by atoms with Gasteiger partial charge in [0.25, 0.3) is 0 Å². The summed E-state index contributed by atoms with van der Waals surface area (Å²) in [6.07, 6.45) is 2.54. The van der Waals surface area contributed by atoms with Gasteiger partial charge in [-0.15, -0.1) is 0 Å². The molecule has 0 radical (unpaired) electrons. The Morgan fingerprint density at radius 3 is 2.72 bits per heavy atom. The molecule has 7 nitrogen and oxygen atoms in total. The highest BCUT2D eigenvalue weighted by atomic mass is 16.5. The minimum Gasteiger partial charge on any atom is -0.497 e. The predicted molar refractivity (Wildman–Crippen MR) is 111 cm³/mol. The summed E-state index contributed by atoms with van der Waals surface area (Å²) in [4.78, 5) is 20.6. The van der Waals surface area contributed by atoms with Crippen molar-refractivity contribution in [3.63, 3.8) is 0 Å². The summed E-state index contributed by atoms with van der Waals surface area (Å²) in [5.74, 6) is 1.49. The number of methoxy groups -OCH3 is 1. The van der Waals surface area contributed by atoms with Crippen LogP contribution in [0.25, 0.3) is 11.0 Å². The second-order valence-electron chi connectivity index (χ2n) is 7.47. The van der Waals surface area contributed by atoms with Crippen LogP contribution in [0.1, 0.15) is 36.7 Å². The van der Waals surface area contributed by atoms with Crippen LogP contribution in [0.3, 0.4) is 0 Å². The van der Waals surface area contributed by atoms with Crippen molar-refractivity contribution in [3.8, 4) is 5.75 Å². The van der Waals surface area contributed by atoms with Gasteiger partial charge in [0.1, 0.15) is 11.6 Å². The Morgan fingerprint density at radius 2 is 2.03 bits per heavy atom. The summed E-state index contributed by atoms with van der Waals surface area (Å²) in [6.45, 7) is 0. The summed E-state index contributed by atoms with van der Waals surface area (Å²) in [5.41, 5.74) is 2.84. The number of para-hydroxylation sites is 2. The Hall–Kier alpha value is -3.06. The number of aliphatic hydroxyl groups is 1. The van der Waals surface area contributed by atoms with Crippen molar-refractivity contribution in [3.05, 3.63) is 59.9 Å². The van der Waals surface area contributed by atoms with Gasteiger partial charge in [-0.05, 0) is 55.5 Å². The number of imidazole rings is 1. The lowest BCUT2D eigenvalue weighted by Gasteiger charge is -2.21.